The Labute approximate surface area is 106 Å². The second-order valence-electron chi connectivity index (χ2n) is 3.56. The lowest BCUT2D eigenvalue weighted by Crippen LogP contribution is -2.32. The molecule has 6 nitrogen and oxygen atoms in total. The molecule has 1 aliphatic carbocycles. The molecule has 0 atom stereocenters. The van der Waals surface area contributed by atoms with E-state index >= 15 is 0 Å². The van der Waals surface area contributed by atoms with Gasteiger partial charge in [0.2, 0.25) is 15.6 Å². The summed E-state index contributed by atoms with van der Waals surface area (Å²) in [7, 11) is -3.87. The van der Waals surface area contributed by atoms with E-state index in [2.05, 4.69) is 5.32 Å². The van der Waals surface area contributed by atoms with E-state index in [4.69, 9.17) is 4.74 Å². The van der Waals surface area contributed by atoms with Gasteiger partial charge in [0.15, 0.2) is 5.76 Å². The Balaban J connectivity index is 2.44. The van der Waals surface area contributed by atoms with Gasteiger partial charge in [-0.05, 0) is 25.5 Å². The Hall–Kier alpha value is -1.63. The van der Waals surface area contributed by atoms with Crippen LogP contribution in [-0.4, -0.2) is 38.3 Å². The molecular weight excluding hydrogens is 258 g/mol. The monoisotopic (exact) mass is 273 g/mol. The summed E-state index contributed by atoms with van der Waals surface area (Å²) in [5.74, 6) is -0.618. The van der Waals surface area contributed by atoms with Crippen molar-refractivity contribution >= 4 is 20.9 Å². The zero-order chi connectivity index (χ0) is 13.6. The number of amides is 1. The van der Waals surface area contributed by atoms with E-state index in [0.29, 0.717) is 6.42 Å². The highest BCUT2D eigenvalue weighted by molar-refractivity contribution is 8.06. The van der Waals surface area contributed by atoms with Crippen molar-refractivity contribution in [1.29, 1.82) is 0 Å². The number of sulfone groups is 1. The van der Waals surface area contributed by atoms with E-state index in [1.165, 1.54) is 6.08 Å². The lowest BCUT2D eigenvalue weighted by molar-refractivity contribution is -0.114. The lowest BCUT2D eigenvalue weighted by Gasteiger charge is -2.10. The number of rotatable bonds is 5. The highest BCUT2D eigenvalue weighted by Gasteiger charge is 2.21. The van der Waals surface area contributed by atoms with Crippen molar-refractivity contribution in [3.8, 4) is 0 Å². The molecule has 0 saturated carbocycles. The van der Waals surface area contributed by atoms with Crippen LogP contribution < -0.4 is 5.32 Å². The first-order chi connectivity index (χ1) is 8.47. The summed E-state index contributed by atoms with van der Waals surface area (Å²) in [5, 5.41) is 1.19. The van der Waals surface area contributed by atoms with Crippen LogP contribution in [0.1, 0.15) is 13.3 Å². The van der Waals surface area contributed by atoms with Crippen molar-refractivity contribution in [3.05, 3.63) is 24.0 Å². The van der Waals surface area contributed by atoms with Gasteiger partial charge in [-0.15, -0.1) is 0 Å². The molecule has 1 aliphatic rings. The fourth-order valence-corrected chi connectivity index (χ4v) is 2.12. The van der Waals surface area contributed by atoms with E-state index < -0.39 is 20.8 Å². The molecule has 1 rings (SSSR count). The topological polar surface area (TPSA) is 89.5 Å². The molecule has 0 aromatic heterocycles. The van der Waals surface area contributed by atoms with Crippen LogP contribution in [0, 0.1) is 0 Å². The minimum atomic E-state index is -3.87. The third-order valence-electron chi connectivity index (χ3n) is 2.16. The van der Waals surface area contributed by atoms with Gasteiger partial charge in [0.05, 0.1) is 5.75 Å². The van der Waals surface area contributed by atoms with Crippen LogP contribution in [0.25, 0.3) is 0 Å². The molecule has 0 aromatic rings. The summed E-state index contributed by atoms with van der Waals surface area (Å²) in [6.07, 6.45) is 5.19. The van der Waals surface area contributed by atoms with Gasteiger partial charge in [-0.25, -0.2) is 8.42 Å². The number of nitrogens with one attached hydrogen (secondary N) is 1. The summed E-state index contributed by atoms with van der Waals surface area (Å²) >= 11 is 0. The maximum absolute atomic E-state index is 11.4. The van der Waals surface area contributed by atoms with Gasteiger partial charge < -0.3 is 10.1 Å². The lowest BCUT2D eigenvalue weighted by atomic mass is 10.1. The van der Waals surface area contributed by atoms with Gasteiger partial charge in [0.25, 0.3) is 0 Å². The third-order valence-corrected chi connectivity index (χ3v) is 3.58. The van der Waals surface area contributed by atoms with E-state index in [-0.39, 0.29) is 24.7 Å². The Bertz CT molecular complexity index is 490. The molecule has 0 radical (unpaired) electrons. The predicted octanol–water partition coefficient (Wildman–Crippen LogP) is 0.560. The summed E-state index contributed by atoms with van der Waals surface area (Å²) in [5.41, 5.74) is 0. The first-order valence-electron chi connectivity index (χ1n) is 5.52. The van der Waals surface area contributed by atoms with Gasteiger partial charge in [-0.3, -0.25) is 9.59 Å². The van der Waals surface area contributed by atoms with Crippen LogP contribution in [0.5, 0.6) is 0 Å². The molecule has 100 valence electrons. The third kappa shape index (κ3) is 3.99. The summed E-state index contributed by atoms with van der Waals surface area (Å²) in [4.78, 5) is 22.4. The number of ketones is 1. The molecule has 0 aromatic carbocycles. The Morgan fingerprint density at radius 2 is 2.22 bits per heavy atom. The van der Waals surface area contributed by atoms with E-state index in [9.17, 15) is 18.0 Å². The zero-order valence-corrected chi connectivity index (χ0v) is 10.8. The fraction of sp³-hybridized carbons (Fsp3) is 0.455. The van der Waals surface area contributed by atoms with Crippen molar-refractivity contribution < 1.29 is 22.7 Å². The SMILES string of the molecule is CCNC(=O)S(=O)(=O)CCOC1=CCC=CC1=O. The smallest absolute Gasteiger partial charge is 0.336 e. The quantitative estimate of drug-likeness (QED) is 0.790. The first-order valence-corrected chi connectivity index (χ1v) is 7.17. The van der Waals surface area contributed by atoms with Crippen LogP contribution >= 0.6 is 0 Å². The minimum Gasteiger partial charge on any atom is -0.489 e. The maximum atomic E-state index is 11.4. The average molecular weight is 273 g/mol. The Morgan fingerprint density at radius 3 is 2.83 bits per heavy atom. The average Bonchev–Trinajstić information content (AvgIpc) is 2.32. The molecule has 0 heterocycles. The normalized spacial score (nSPS) is 15.2. The Kier molecular flexibility index (Phi) is 5.08. The number of hydrogen-bond acceptors (Lipinski definition) is 5. The highest BCUT2D eigenvalue weighted by atomic mass is 32.2. The summed E-state index contributed by atoms with van der Waals surface area (Å²) in [6.45, 7) is 1.65. The van der Waals surface area contributed by atoms with Crippen LogP contribution in [0.15, 0.2) is 24.0 Å². The number of carbonyl (C=O) groups excluding carboxylic acids is 2. The van der Waals surface area contributed by atoms with Crippen LogP contribution in [0.2, 0.25) is 0 Å². The van der Waals surface area contributed by atoms with E-state index in [0.717, 1.165) is 0 Å². The summed E-state index contributed by atoms with van der Waals surface area (Å²) in [6, 6.07) is 0. The van der Waals surface area contributed by atoms with Crippen molar-refractivity contribution in [1.82, 2.24) is 5.32 Å². The van der Waals surface area contributed by atoms with Gasteiger partial charge >= 0.3 is 5.24 Å². The maximum Gasteiger partial charge on any atom is 0.336 e. The number of hydrogen-bond donors (Lipinski definition) is 1. The van der Waals surface area contributed by atoms with Crippen molar-refractivity contribution in [2.45, 2.75) is 13.3 Å². The largest absolute Gasteiger partial charge is 0.489 e. The zero-order valence-electron chi connectivity index (χ0n) is 10.0. The van der Waals surface area contributed by atoms with Crippen molar-refractivity contribution in [3.63, 3.8) is 0 Å². The standard InChI is InChI=1S/C11H15NO5S/c1-2-12-11(14)18(15,16)8-7-17-10-6-4-3-5-9(10)13/h3,5-6H,2,4,7-8H2,1H3,(H,12,14). The van der Waals surface area contributed by atoms with Crippen molar-refractivity contribution in [2.75, 3.05) is 18.9 Å². The molecular formula is C11H15NO5S. The van der Waals surface area contributed by atoms with Crippen LogP contribution in [-0.2, 0) is 19.4 Å². The molecule has 7 heteroatoms. The van der Waals surface area contributed by atoms with Gasteiger partial charge in [0.1, 0.15) is 6.61 Å². The molecule has 18 heavy (non-hydrogen) atoms. The van der Waals surface area contributed by atoms with E-state index in [1.807, 2.05) is 0 Å². The van der Waals surface area contributed by atoms with Crippen LogP contribution in [0.4, 0.5) is 4.79 Å². The Morgan fingerprint density at radius 1 is 1.50 bits per heavy atom. The minimum absolute atomic E-state index is 0.128. The highest BCUT2D eigenvalue weighted by Crippen LogP contribution is 2.09. The summed E-state index contributed by atoms with van der Waals surface area (Å²) < 4.78 is 27.9. The van der Waals surface area contributed by atoms with Gasteiger partial charge in [-0.2, -0.15) is 0 Å². The molecule has 0 unspecified atom stereocenters. The first kappa shape index (κ1) is 14.4. The van der Waals surface area contributed by atoms with E-state index in [1.54, 1.807) is 19.1 Å². The number of ether oxygens (including phenoxy) is 1. The molecule has 0 bridgehead atoms. The van der Waals surface area contributed by atoms with Crippen molar-refractivity contribution in [2.24, 2.45) is 0 Å². The van der Waals surface area contributed by atoms with Gasteiger partial charge in [0, 0.05) is 6.54 Å². The van der Waals surface area contributed by atoms with Crippen LogP contribution in [0.3, 0.4) is 0 Å². The molecule has 0 spiro atoms. The fourth-order valence-electron chi connectivity index (χ4n) is 1.27. The predicted molar refractivity (Wildman–Crippen MR) is 65.7 cm³/mol. The molecule has 0 aliphatic heterocycles. The number of carbonyl (C=O) groups is 2. The molecule has 1 N–H and O–H groups in total. The molecule has 1 amide bonds. The molecule has 0 fully saturated rings. The second kappa shape index (κ2) is 6.34. The number of allylic oxidation sites excluding steroid dienone is 3. The second-order valence-corrected chi connectivity index (χ2v) is 5.56. The van der Waals surface area contributed by atoms with Gasteiger partial charge in [-0.1, -0.05) is 6.08 Å². The molecule has 0 saturated heterocycles.